The predicted molar refractivity (Wildman–Crippen MR) is 66.3 cm³/mol. The summed E-state index contributed by atoms with van der Waals surface area (Å²) in [5.74, 6) is 0.742. The maximum absolute atomic E-state index is 5.69. The van der Waals surface area contributed by atoms with E-state index in [4.69, 9.17) is 29.6 Å². The van der Waals surface area contributed by atoms with Crippen molar-refractivity contribution in [2.75, 3.05) is 18.5 Å². The molecule has 0 bridgehead atoms. The van der Waals surface area contributed by atoms with Crippen molar-refractivity contribution < 1.29 is 0 Å². The molecule has 0 radical (unpaired) electrons. The molecule has 0 amide bonds. The summed E-state index contributed by atoms with van der Waals surface area (Å²) in [6.45, 7) is 2.66. The van der Waals surface area contributed by atoms with Gasteiger partial charge in [-0.15, -0.1) is 0 Å². The lowest BCUT2D eigenvalue weighted by molar-refractivity contribution is 0.726. The van der Waals surface area contributed by atoms with Crippen LogP contribution in [0.25, 0.3) is 0 Å². The summed E-state index contributed by atoms with van der Waals surface area (Å²) in [5, 5.41) is 0.523. The summed E-state index contributed by atoms with van der Waals surface area (Å²) in [6.07, 6.45) is 3.12. The number of halogens is 1. The summed E-state index contributed by atoms with van der Waals surface area (Å²) in [7, 11) is 1.89. The SMILES string of the molecule is CC(CN(C)c1ncc(Cl)cn1)C(N)=S. The molecule has 2 N–H and O–H groups in total. The van der Waals surface area contributed by atoms with Crippen molar-refractivity contribution in [3.63, 3.8) is 0 Å². The van der Waals surface area contributed by atoms with Gasteiger partial charge in [0.15, 0.2) is 0 Å². The Morgan fingerprint density at radius 1 is 1.60 bits per heavy atom. The zero-order chi connectivity index (χ0) is 11.4. The van der Waals surface area contributed by atoms with Gasteiger partial charge in [0.25, 0.3) is 0 Å². The molecule has 0 saturated carbocycles. The summed E-state index contributed by atoms with van der Waals surface area (Å²) < 4.78 is 0. The molecule has 1 heterocycles. The Kier molecular flexibility index (Phi) is 4.23. The zero-order valence-corrected chi connectivity index (χ0v) is 10.2. The van der Waals surface area contributed by atoms with E-state index in [9.17, 15) is 0 Å². The normalized spacial score (nSPS) is 12.2. The van der Waals surface area contributed by atoms with Crippen molar-refractivity contribution in [2.45, 2.75) is 6.92 Å². The number of aromatic nitrogens is 2. The molecule has 0 aromatic carbocycles. The van der Waals surface area contributed by atoms with Crippen LogP contribution in [0, 0.1) is 5.92 Å². The van der Waals surface area contributed by atoms with Crippen molar-refractivity contribution in [3.8, 4) is 0 Å². The molecule has 0 aliphatic heterocycles. The van der Waals surface area contributed by atoms with E-state index in [0.29, 0.717) is 22.5 Å². The van der Waals surface area contributed by atoms with E-state index in [1.54, 1.807) is 12.4 Å². The minimum Gasteiger partial charge on any atom is -0.393 e. The first-order chi connectivity index (χ1) is 7.00. The molecule has 1 unspecified atom stereocenters. The smallest absolute Gasteiger partial charge is 0.225 e. The molecule has 0 fully saturated rings. The number of anilines is 1. The highest BCUT2D eigenvalue weighted by atomic mass is 35.5. The Bertz CT molecular complexity index is 340. The predicted octanol–water partition coefficient (Wildman–Crippen LogP) is 1.49. The molecule has 0 saturated heterocycles. The first-order valence-corrected chi connectivity index (χ1v) is 5.27. The summed E-state index contributed by atoms with van der Waals surface area (Å²) in [6, 6.07) is 0. The molecule has 82 valence electrons. The first-order valence-electron chi connectivity index (χ1n) is 4.48. The second-order valence-electron chi connectivity index (χ2n) is 3.39. The van der Waals surface area contributed by atoms with Crippen molar-refractivity contribution >= 4 is 34.8 Å². The van der Waals surface area contributed by atoms with Crippen LogP contribution in [-0.2, 0) is 0 Å². The number of rotatable bonds is 4. The molecule has 1 aromatic heterocycles. The van der Waals surface area contributed by atoms with E-state index >= 15 is 0 Å². The van der Waals surface area contributed by atoms with E-state index in [1.807, 2.05) is 18.9 Å². The van der Waals surface area contributed by atoms with Gasteiger partial charge >= 0.3 is 0 Å². The largest absolute Gasteiger partial charge is 0.393 e. The van der Waals surface area contributed by atoms with Crippen LogP contribution in [0.1, 0.15) is 6.92 Å². The van der Waals surface area contributed by atoms with Crippen LogP contribution in [0.3, 0.4) is 0 Å². The molecule has 1 atom stereocenters. The zero-order valence-electron chi connectivity index (χ0n) is 8.64. The van der Waals surface area contributed by atoms with E-state index in [2.05, 4.69) is 9.97 Å². The third-order valence-corrected chi connectivity index (χ3v) is 2.58. The molecule has 15 heavy (non-hydrogen) atoms. The lowest BCUT2D eigenvalue weighted by Crippen LogP contribution is -2.32. The second kappa shape index (κ2) is 5.23. The van der Waals surface area contributed by atoms with Crippen LogP contribution in [0.2, 0.25) is 5.02 Å². The molecule has 0 aliphatic carbocycles. The highest BCUT2D eigenvalue weighted by Crippen LogP contribution is 2.10. The fourth-order valence-electron chi connectivity index (χ4n) is 1.09. The average molecular weight is 245 g/mol. The van der Waals surface area contributed by atoms with E-state index < -0.39 is 0 Å². The number of hydrogen-bond acceptors (Lipinski definition) is 4. The maximum atomic E-state index is 5.69. The third kappa shape index (κ3) is 3.60. The molecular weight excluding hydrogens is 232 g/mol. The summed E-state index contributed by atoms with van der Waals surface area (Å²) >= 11 is 10.6. The molecule has 0 aliphatic rings. The van der Waals surface area contributed by atoms with Crippen LogP contribution in [-0.4, -0.2) is 28.5 Å². The van der Waals surface area contributed by atoms with Crippen molar-refractivity contribution in [3.05, 3.63) is 17.4 Å². The van der Waals surface area contributed by atoms with Gasteiger partial charge in [-0.05, 0) is 0 Å². The van der Waals surface area contributed by atoms with Crippen LogP contribution in [0.15, 0.2) is 12.4 Å². The molecule has 4 nitrogen and oxygen atoms in total. The van der Waals surface area contributed by atoms with Gasteiger partial charge in [-0.25, -0.2) is 9.97 Å². The second-order valence-corrected chi connectivity index (χ2v) is 4.29. The van der Waals surface area contributed by atoms with Gasteiger partial charge in [0, 0.05) is 19.5 Å². The van der Waals surface area contributed by atoms with Gasteiger partial charge in [-0.3, -0.25) is 0 Å². The first kappa shape index (κ1) is 12.1. The number of nitrogens with zero attached hydrogens (tertiary/aromatic N) is 3. The molecule has 1 aromatic rings. The van der Waals surface area contributed by atoms with E-state index in [-0.39, 0.29) is 5.92 Å². The molecule has 6 heteroatoms. The Morgan fingerprint density at radius 2 is 2.13 bits per heavy atom. The highest BCUT2D eigenvalue weighted by Gasteiger charge is 2.11. The maximum Gasteiger partial charge on any atom is 0.225 e. The standard InChI is InChI=1S/C9H13ClN4S/c1-6(8(11)15)5-14(2)9-12-3-7(10)4-13-9/h3-4,6H,5H2,1-2H3,(H2,11,15). The van der Waals surface area contributed by atoms with Gasteiger partial charge in [0.1, 0.15) is 0 Å². The molecule has 0 spiro atoms. The fourth-order valence-corrected chi connectivity index (χ4v) is 1.26. The van der Waals surface area contributed by atoms with Crippen molar-refractivity contribution in [1.82, 2.24) is 9.97 Å². The van der Waals surface area contributed by atoms with Crippen molar-refractivity contribution in [2.24, 2.45) is 11.7 Å². The van der Waals surface area contributed by atoms with E-state index in [0.717, 1.165) is 0 Å². The Morgan fingerprint density at radius 3 is 2.60 bits per heavy atom. The van der Waals surface area contributed by atoms with Crippen LogP contribution >= 0.6 is 23.8 Å². The Balaban J connectivity index is 2.64. The minimum atomic E-state index is 0.129. The van der Waals surface area contributed by atoms with E-state index in [1.165, 1.54) is 0 Å². The number of thiocarbonyl (C=S) groups is 1. The lowest BCUT2D eigenvalue weighted by atomic mass is 10.2. The Hall–Kier alpha value is -0.940. The molecule has 1 rings (SSSR count). The highest BCUT2D eigenvalue weighted by molar-refractivity contribution is 7.80. The topological polar surface area (TPSA) is 55.0 Å². The van der Waals surface area contributed by atoms with Gasteiger partial charge in [-0.2, -0.15) is 0 Å². The van der Waals surface area contributed by atoms with Gasteiger partial charge in [0.05, 0.1) is 22.4 Å². The lowest BCUT2D eigenvalue weighted by Gasteiger charge is -2.20. The monoisotopic (exact) mass is 244 g/mol. The summed E-state index contributed by atoms with van der Waals surface area (Å²) in [4.78, 5) is 10.6. The molecular formula is C9H13ClN4S. The van der Waals surface area contributed by atoms with Gasteiger partial charge in [-0.1, -0.05) is 30.7 Å². The Labute approximate surface area is 99.5 Å². The van der Waals surface area contributed by atoms with Gasteiger partial charge in [0.2, 0.25) is 5.95 Å². The van der Waals surface area contributed by atoms with Crippen LogP contribution < -0.4 is 10.6 Å². The van der Waals surface area contributed by atoms with Crippen molar-refractivity contribution in [1.29, 1.82) is 0 Å². The summed E-state index contributed by atoms with van der Waals surface area (Å²) in [5.41, 5.74) is 5.53. The van der Waals surface area contributed by atoms with Crippen LogP contribution in [0.4, 0.5) is 5.95 Å². The third-order valence-electron chi connectivity index (χ3n) is 1.98. The number of hydrogen-bond donors (Lipinski definition) is 1. The minimum absolute atomic E-state index is 0.129. The fraction of sp³-hybridized carbons (Fsp3) is 0.444. The van der Waals surface area contributed by atoms with Crippen LogP contribution in [0.5, 0.6) is 0 Å². The average Bonchev–Trinajstić information content (AvgIpc) is 2.18. The quantitative estimate of drug-likeness (QED) is 0.814. The number of nitrogens with two attached hydrogens (primary N) is 1. The van der Waals surface area contributed by atoms with Gasteiger partial charge < -0.3 is 10.6 Å².